The maximum atomic E-state index is 14.7. The molecular weight excluding hydrogens is 425 g/mol. The molecule has 5 nitrogen and oxygen atoms in total. The van der Waals surface area contributed by atoms with E-state index in [2.05, 4.69) is 0 Å². The van der Waals surface area contributed by atoms with E-state index < -0.39 is 23.2 Å². The molecule has 0 N–H and O–H groups in total. The third-order valence-electron chi connectivity index (χ3n) is 4.74. The zero-order valence-corrected chi connectivity index (χ0v) is 16.4. The van der Waals surface area contributed by atoms with Crippen molar-refractivity contribution in [2.75, 3.05) is 0 Å². The van der Waals surface area contributed by atoms with Crippen LogP contribution < -0.4 is 10.3 Å². The monoisotopic (exact) mass is 438 g/mol. The number of rotatable bonds is 3. The lowest BCUT2D eigenvalue weighted by Gasteiger charge is -2.17. The highest BCUT2D eigenvalue weighted by atomic mass is 35.5. The van der Waals surface area contributed by atoms with Crippen LogP contribution in [0.15, 0.2) is 41.2 Å². The smallest absolute Gasteiger partial charge is 0.343 e. The molecule has 0 bridgehead atoms. The fourth-order valence-electron chi connectivity index (χ4n) is 3.30. The normalized spacial score (nSPS) is 13.2. The second-order valence-electron chi connectivity index (χ2n) is 6.58. The van der Waals surface area contributed by atoms with Gasteiger partial charge < -0.3 is 4.74 Å². The van der Waals surface area contributed by atoms with Crippen LogP contribution in [-0.2, 0) is 13.1 Å². The van der Waals surface area contributed by atoms with Crippen molar-refractivity contribution in [3.05, 3.63) is 74.1 Å². The summed E-state index contributed by atoms with van der Waals surface area (Å²) in [5.74, 6) is -2.21. The molecule has 0 aliphatic carbocycles. The number of halogens is 4. The second-order valence-corrected chi connectivity index (χ2v) is 7.35. The van der Waals surface area contributed by atoms with Gasteiger partial charge in [0.05, 0.1) is 16.1 Å². The van der Waals surface area contributed by atoms with Crippen LogP contribution in [0.1, 0.15) is 23.2 Å². The first kappa shape index (κ1) is 19.7. The van der Waals surface area contributed by atoms with Crippen LogP contribution in [0.3, 0.4) is 0 Å². The molecule has 0 atom stereocenters. The first-order chi connectivity index (χ1) is 13.9. The fourth-order valence-corrected chi connectivity index (χ4v) is 3.84. The maximum absolute atomic E-state index is 14.7. The summed E-state index contributed by atoms with van der Waals surface area (Å²) in [6.45, 7) is 1.04. The van der Waals surface area contributed by atoms with Crippen LogP contribution in [0.25, 0.3) is 11.1 Å². The van der Waals surface area contributed by atoms with E-state index in [-0.39, 0.29) is 32.6 Å². The number of fused-ring (bicyclic) bond motifs is 1. The first-order valence-corrected chi connectivity index (χ1v) is 9.58. The Morgan fingerprint density at radius 3 is 2.31 bits per heavy atom. The van der Waals surface area contributed by atoms with Gasteiger partial charge in [-0.05, 0) is 49.2 Å². The van der Waals surface area contributed by atoms with E-state index in [9.17, 15) is 18.4 Å². The molecule has 1 aromatic heterocycles. The van der Waals surface area contributed by atoms with E-state index in [1.807, 2.05) is 0 Å². The van der Waals surface area contributed by atoms with Gasteiger partial charge in [-0.2, -0.15) is 0 Å². The summed E-state index contributed by atoms with van der Waals surface area (Å²) in [6.07, 6.45) is 1.68. The zero-order chi connectivity index (χ0) is 20.7. The second kappa shape index (κ2) is 7.65. The zero-order valence-electron chi connectivity index (χ0n) is 14.9. The number of hydrogen-bond donors (Lipinski definition) is 0. The van der Waals surface area contributed by atoms with Crippen molar-refractivity contribution >= 4 is 29.2 Å². The van der Waals surface area contributed by atoms with Crippen molar-refractivity contribution in [1.82, 2.24) is 9.36 Å². The third kappa shape index (κ3) is 3.56. The Labute approximate surface area is 174 Å². The molecular formula is C20H14Cl2F2N2O3. The van der Waals surface area contributed by atoms with Gasteiger partial charge in [0, 0.05) is 18.7 Å². The number of aromatic nitrogens is 2. The number of hydrogen-bond acceptors (Lipinski definition) is 3. The summed E-state index contributed by atoms with van der Waals surface area (Å²) in [4.78, 5) is 25.1. The lowest BCUT2D eigenvalue weighted by Crippen LogP contribution is -2.27. The topological polar surface area (TPSA) is 53.2 Å². The predicted molar refractivity (Wildman–Crippen MR) is 105 cm³/mol. The van der Waals surface area contributed by atoms with Gasteiger partial charge >= 0.3 is 5.97 Å². The summed E-state index contributed by atoms with van der Waals surface area (Å²) in [5, 5.41) is -0.0337. The summed E-state index contributed by atoms with van der Waals surface area (Å²) < 4.78 is 36.0. The van der Waals surface area contributed by atoms with Crippen molar-refractivity contribution in [2.45, 2.75) is 25.9 Å². The van der Waals surface area contributed by atoms with Crippen LogP contribution in [0, 0.1) is 11.6 Å². The highest BCUT2D eigenvalue weighted by Crippen LogP contribution is 2.36. The summed E-state index contributed by atoms with van der Waals surface area (Å²) >= 11 is 12.4. The van der Waals surface area contributed by atoms with Crippen LogP contribution in [0.2, 0.25) is 10.2 Å². The Kier molecular flexibility index (Phi) is 5.19. The van der Waals surface area contributed by atoms with E-state index in [1.54, 1.807) is 4.68 Å². The molecule has 0 unspecified atom stereocenters. The van der Waals surface area contributed by atoms with Crippen molar-refractivity contribution in [3.63, 3.8) is 0 Å². The highest BCUT2D eigenvalue weighted by molar-refractivity contribution is 6.33. The standard InChI is InChI=1S/C20H14Cl2F2N2O3/c21-14-10-15(24)13(17-18(22)25-7-1-2-8-26(25)19(17)27)9-16(14)29-20(28)11-3-5-12(23)6-4-11/h3-6,9-10H,1-2,7-8H2. The van der Waals surface area contributed by atoms with Gasteiger partial charge in [-0.3, -0.25) is 9.48 Å². The van der Waals surface area contributed by atoms with Crippen molar-refractivity contribution in [2.24, 2.45) is 0 Å². The number of ether oxygens (including phenoxy) is 1. The maximum Gasteiger partial charge on any atom is 0.343 e. The molecule has 2 aromatic carbocycles. The molecule has 4 rings (SSSR count). The lowest BCUT2D eigenvalue weighted by atomic mass is 10.1. The molecule has 0 fully saturated rings. The summed E-state index contributed by atoms with van der Waals surface area (Å²) in [5.41, 5.74) is -0.458. The third-order valence-corrected chi connectivity index (χ3v) is 5.42. The molecule has 2 heterocycles. The Hall–Kier alpha value is -2.64. The first-order valence-electron chi connectivity index (χ1n) is 8.83. The Balaban J connectivity index is 1.76. The van der Waals surface area contributed by atoms with Gasteiger partial charge in [0.25, 0.3) is 5.56 Å². The van der Waals surface area contributed by atoms with E-state index in [1.165, 1.54) is 22.9 Å². The quantitative estimate of drug-likeness (QED) is 0.430. The average molecular weight is 439 g/mol. The van der Waals surface area contributed by atoms with E-state index in [0.717, 1.165) is 31.0 Å². The van der Waals surface area contributed by atoms with E-state index in [0.29, 0.717) is 13.1 Å². The van der Waals surface area contributed by atoms with Crippen LogP contribution in [0.4, 0.5) is 8.78 Å². The molecule has 1 aliphatic heterocycles. The van der Waals surface area contributed by atoms with E-state index in [4.69, 9.17) is 27.9 Å². The molecule has 150 valence electrons. The minimum absolute atomic E-state index is 0.0122. The number of carbonyl (C=O) groups is 1. The number of benzene rings is 2. The Morgan fingerprint density at radius 2 is 1.66 bits per heavy atom. The van der Waals surface area contributed by atoms with Crippen molar-refractivity contribution in [3.8, 4) is 16.9 Å². The summed E-state index contributed by atoms with van der Waals surface area (Å²) in [6, 6.07) is 6.86. The van der Waals surface area contributed by atoms with Gasteiger partial charge in [0.1, 0.15) is 16.8 Å². The Morgan fingerprint density at radius 1 is 1.00 bits per heavy atom. The number of esters is 1. The SMILES string of the molecule is O=C(Oc1cc(-c2c(Cl)n3n(c2=O)CCCC3)c(F)cc1Cl)c1ccc(F)cc1. The molecule has 0 saturated carbocycles. The molecule has 3 aromatic rings. The van der Waals surface area contributed by atoms with Gasteiger partial charge in [0.15, 0.2) is 5.75 Å². The lowest BCUT2D eigenvalue weighted by molar-refractivity contribution is 0.0734. The largest absolute Gasteiger partial charge is 0.421 e. The van der Waals surface area contributed by atoms with Crippen LogP contribution in [-0.4, -0.2) is 15.3 Å². The van der Waals surface area contributed by atoms with Gasteiger partial charge in [-0.1, -0.05) is 23.2 Å². The molecule has 9 heteroatoms. The number of carbonyl (C=O) groups excluding carboxylic acids is 1. The molecule has 0 saturated heterocycles. The minimum Gasteiger partial charge on any atom is -0.421 e. The van der Waals surface area contributed by atoms with Crippen molar-refractivity contribution < 1.29 is 18.3 Å². The van der Waals surface area contributed by atoms with Gasteiger partial charge in [-0.25, -0.2) is 18.3 Å². The molecule has 0 radical (unpaired) electrons. The van der Waals surface area contributed by atoms with Crippen LogP contribution >= 0.6 is 23.2 Å². The fraction of sp³-hybridized carbons (Fsp3) is 0.200. The molecule has 0 amide bonds. The highest BCUT2D eigenvalue weighted by Gasteiger charge is 2.25. The molecule has 0 spiro atoms. The van der Waals surface area contributed by atoms with Crippen LogP contribution in [0.5, 0.6) is 5.75 Å². The predicted octanol–water partition coefficient (Wildman–Crippen LogP) is 4.91. The Bertz CT molecular complexity index is 1170. The average Bonchev–Trinajstić information content (AvgIpc) is 2.95. The molecule has 29 heavy (non-hydrogen) atoms. The minimum atomic E-state index is -0.802. The van der Waals surface area contributed by atoms with Crippen molar-refractivity contribution in [1.29, 1.82) is 0 Å². The summed E-state index contributed by atoms with van der Waals surface area (Å²) in [7, 11) is 0. The number of nitrogens with zero attached hydrogens (tertiary/aromatic N) is 2. The molecule has 1 aliphatic rings. The van der Waals surface area contributed by atoms with E-state index >= 15 is 0 Å². The van der Waals surface area contributed by atoms with Gasteiger partial charge in [0.2, 0.25) is 0 Å². The van der Waals surface area contributed by atoms with Gasteiger partial charge in [-0.15, -0.1) is 0 Å².